The van der Waals surface area contributed by atoms with E-state index in [1.165, 1.54) is 0 Å². The number of hydrogen-bond acceptors (Lipinski definition) is 5. The molecule has 2 saturated heterocycles. The number of hydrogen-bond donors (Lipinski definition) is 1. The first-order valence-electron chi connectivity index (χ1n) is 7.98. The summed E-state index contributed by atoms with van der Waals surface area (Å²) in [6.45, 7) is 10.7. The molecule has 1 N–H and O–H groups in total. The first-order valence-corrected chi connectivity index (χ1v) is 7.98. The first kappa shape index (κ1) is 15.9. The lowest BCUT2D eigenvalue weighted by atomic mass is 9.80. The lowest BCUT2D eigenvalue weighted by Gasteiger charge is -2.32. The SMILES string of the molecule is CC1(C)OB(c2cncc(CN[C@@H]3CCOC3)c2)OC1(C)C. The van der Waals surface area contributed by atoms with E-state index in [1.807, 2.05) is 12.4 Å². The molecule has 22 heavy (non-hydrogen) atoms. The number of pyridine rings is 1. The summed E-state index contributed by atoms with van der Waals surface area (Å²) in [6, 6.07) is 2.55. The van der Waals surface area contributed by atoms with Crippen molar-refractivity contribution in [2.45, 2.75) is 57.9 Å². The summed E-state index contributed by atoms with van der Waals surface area (Å²) in [4.78, 5) is 4.34. The van der Waals surface area contributed by atoms with E-state index in [1.54, 1.807) is 0 Å². The smallest absolute Gasteiger partial charge is 0.399 e. The van der Waals surface area contributed by atoms with Crippen LogP contribution in [0.25, 0.3) is 0 Å². The molecule has 0 aromatic carbocycles. The minimum atomic E-state index is -0.354. The Morgan fingerprint density at radius 3 is 2.59 bits per heavy atom. The van der Waals surface area contributed by atoms with Crippen LogP contribution in [-0.4, -0.2) is 42.6 Å². The van der Waals surface area contributed by atoms with Crippen LogP contribution in [0.2, 0.25) is 0 Å². The lowest BCUT2D eigenvalue weighted by Crippen LogP contribution is -2.41. The molecule has 1 atom stereocenters. The number of aromatic nitrogens is 1. The third-order valence-electron chi connectivity index (χ3n) is 4.87. The number of nitrogens with zero attached hydrogens (tertiary/aromatic N) is 1. The molecular weight excluding hydrogens is 279 g/mol. The Morgan fingerprint density at radius 2 is 1.95 bits per heavy atom. The zero-order valence-corrected chi connectivity index (χ0v) is 13.9. The predicted molar refractivity (Wildman–Crippen MR) is 86.0 cm³/mol. The Bertz CT molecular complexity index is 514. The molecule has 0 bridgehead atoms. The van der Waals surface area contributed by atoms with Crippen LogP contribution >= 0.6 is 0 Å². The zero-order chi connectivity index (χ0) is 15.8. The molecule has 3 heterocycles. The summed E-state index contributed by atoms with van der Waals surface area (Å²) < 4.78 is 17.5. The van der Waals surface area contributed by atoms with Gasteiger partial charge in [0.1, 0.15) is 0 Å². The van der Waals surface area contributed by atoms with Gasteiger partial charge in [-0.2, -0.15) is 0 Å². The molecule has 0 spiro atoms. The highest BCUT2D eigenvalue weighted by Gasteiger charge is 2.51. The second-order valence-electron chi connectivity index (χ2n) is 7.16. The fraction of sp³-hybridized carbons (Fsp3) is 0.688. The standard InChI is InChI=1S/C16H25BN2O3/c1-15(2)16(3,4)22-17(21-15)13-7-12(8-18-10-13)9-19-14-5-6-20-11-14/h7-8,10,14,19H,5-6,9,11H2,1-4H3/t14-/m1/s1. The van der Waals surface area contributed by atoms with Crippen molar-refractivity contribution in [2.75, 3.05) is 13.2 Å². The van der Waals surface area contributed by atoms with Crippen LogP contribution in [0.3, 0.4) is 0 Å². The maximum atomic E-state index is 6.08. The van der Waals surface area contributed by atoms with E-state index in [0.717, 1.165) is 37.2 Å². The molecule has 2 aliphatic heterocycles. The largest absolute Gasteiger partial charge is 0.496 e. The van der Waals surface area contributed by atoms with E-state index < -0.39 is 0 Å². The third-order valence-corrected chi connectivity index (χ3v) is 4.87. The molecule has 0 amide bonds. The Morgan fingerprint density at radius 1 is 1.23 bits per heavy atom. The number of rotatable bonds is 4. The number of nitrogens with one attached hydrogen (secondary N) is 1. The predicted octanol–water partition coefficient (Wildman–Crippen LogP) is 1.26. The molecule has 5 nitrogen and oxygen atoms in total. The average molecular weight is 304 g/mol. The molecule has 0 unspecified atom stereocenters. The van der Waals surface area contributed by atoms with Crippen molar-refractivity contribution in [1.82, 2.24) is 10.3 Å². The van der Waals surface area contributed by atoms with Crippen LogP contribution in [0.4, 0.5) is 0 Å². The van der Waals surface area contributed by atoms with E-state index in [4.69, 9.17) is 14.0 Å². The van der Waals surface area contributed by atoms with Crippen molar-refractivity contribution >= 4 is 12.6 Å². The molecule has 0 radical (unpaired) electrons. The fourth-order valence-electron chi connectivity index (χ4n) is 2.67. The van der Waals surface area contributed by atoms with Crippen LogP contribution in [-0.2, 0) is 20.6 Å². The molecule has 2 aliphatic rings. The van der Waals surface area contributed by atoms with Crippen molar-refractivity contribution in [3.05, 3.63) is 24.0 Å². The Hall–Kier alpha value is -0.945. The Labute approximate surface area is 132 Å². The normalized spacial score (nSPS) is 26.5. The molecule has 0 aliphatic carbocycles. The van der Waals surface area contributed by atoms with Gasteiger partial charge in [0.2, 0.25) is 0 Å². The van der Waals surface area contributed by atoms with Gasteiger partial charge in [-0.3, -0.25) is 4.98 Å². The van der Waals surface area contributed by atoms with Gasteiger partial charge in [-0.25, -0.2) is 0 Å². The highest BCUT2D eigenvalue weighted by Crippen LogP contribution is 2.36. The van der Waals surface area contributed by atoms with E-state index in [0.29, 0.717) is 6.04 Å². The highest BCUT2D eigenvalue weighted by molar-refractivity contribution is 6.62. The van der Waals surface area contributed by atoms with E-state index in [9.17, 15) is 0 Å². The summed E-state index contributed by atoms with van der Waals surface area (Å²) >= 11 is 0. The van der Waals surface area contributed by atoms with Crippen molar-refractivity contribution < 1.29 is 14.0 Å². The topological polar surface area (TPSA) is 52.6 Å². The molecule has 2 fully saturated rings. The molecule has 6 heteroatoms. The fourth-order valence-corrected chi connectivity index (χ4v) is 2.67. The molecule has 0 saturated carbocycles. The van der Waals surface area contributed by atoms with Gasteiger partial charge in [0.05, 0.1) is 17.8 Å². The van der Waals surface area contributed by atoms with Crippen molar-refractivity contribution in [3.8, 4) is 0 Å². The monoisotopic (exact) mass is 304 g/mol. The van der Waals surface area contributed by atoms with E-state index in [2.05, 4.69) is 44.1 Å². The highest BCUT2D eigenvalue weighted by atomic mass is 16.7. The summed E-state index contributed by atoms with van der Waals surface area (Å²) in [7, 11) is -0.354. The summed E-state index contributed by atoms with van der Waals surface area (Å²) in [6.07, 6.45) is 4.78. The molecule has 1 aromatic heterocycles. The van der Waals surface area contributed by atoms with Gasteiger partial charge in [-0.1, -0.05) is 6.07 Å². The van der Waals surface area contributed by atoms with Gasteiger partial charge in [0, 0.05) is 37.0 Å². The molecule has 3 rings (SSSR count). The average Bonchev–Trinajstić information content (AvgIpc) is 3.04. The summed E-state index contributed by atoms with van der Waals surface area (Å²) in [5.74, 6) is 0. The first-order chi connectivity index (χ1) is 10.4. The van der Waals surface area contributed by atoms with Gasteiger partial charge in [-0.05, 0) is 39.7 Å². The van der Waals surface area contributed by atoms with Crippen LogP contribution in [0.5, 0.6) is 0 Å². The van der Waals surface area contributed by atoms with Gasteiger partial charge >= 0.3 is 7.12 Å². The molecule has 120 valence electrons. The van der Waals surface area contributed by atoms with Gasteiger partial charge in [-0.15, -0.1) is 0 Å². The summed E-state index contributed by atoms with van der Waals surface area (Å²) in [5.41, 5.74) is 1.46. The van der Waals surface area contributed by atoms with Gasteiger partial charge in [0.15, 0.2) is 0 Å². The van der Waals surface area contributed by atoms with Crippen molar-refractivity contribution in [2.24, 2.45) is 0 Å². The minimum absolute atomic E-state index is 0.326. The second kappa shape index (κ2) is 5.93. The maximum Gasteiger partial charge on any atom is 0.496 e. The van der Waals surface area contributed by atoms with Gasteiger partial charge in [0.25, 0.3) is 0 Å². The van der Waals surface area contributed by atoms with Crippen molar-refractivity contribution in [3.63, 3.8) is 0 Å². The van der Waals surface area contributed by atoms with Gasteiger partial charge < -0.3 is 19.4 Å². The van der Waals surface area contributed by atoms with Crippen LogP contribution < -0.4 is 10.8 Å². The van der Waals surface area contributed by atoms with E-state index in [-0.39, 0.29) is 18.3 Å². The molecular formula is C16H25BN2O3. The Kier molecular flexibility index (Phi) is 4.29. The summed E-state index contributed by atoms with van der Waals surface area (Å²) in [5, 5.41) is 3.50. The van der Waals surface area contributed by atoms with Crippen molar-refractivity contribution in [1.29, 1.82) is 0 Å². The lowest BCUT2D eigenvalue weighted by molar-refractivity contribution is 0.00578. The van der Waals surface area contributed by atoms with Crippen LogP contribution in [0.1, 0.15) is 39.7 Å². The Balaban J connectivity index is 1.66. The van der Waals surface area contributed by atoms with Crippen LogP contribution in [0.15, 0.2) is 18.5 Å². The minimum Gasteiger partial charge on any atom is -0.399 e. The zero-order valence-electron chi connectivity index (χ0n) is 13.9. The second-order valence-corrected chi connectivity index (χ2v) is 7.16. The number of ether oxygens (including phenoxy) is 1. The van der Waals surface area contributed by atoms with Crippen LogP contribution in [0, 0.1) is 0 Å². The maximum absolute atomic E-state index is 6.08. The third kappa shape index (κ3) is 3.20. The van der Waals surface area contributed by atoms with E-state index >= 15 is 0 Å². The quantitative estimate of drug-likeness (QED) is 0.849. The molecule has 1 aromatic rings.